The van der Waals surface area contributed by atoms with Crippen LogP contribution in [0.4, 0.5) is 17.1 Å². The molecule has 0 radical (unpaired) electrons. The summed E-state index contributed by atoms with van der Waals surface area (Å²) in [6.45, 7) is 18.1. The maximum absolute atomic E-state index is 8.41. The van der Waals surface area contributed by atoms with Crippen LogP contribution in [0.15, 0.2) is 134 Å². The van der Waals surface area contributed by atoms with E-state index in [-0.39, 0.29) is 6.17 Å². The Morgan fingerprint density at radius 3 is 1.65 bits per heavy atom. The van der Waals surface area contributed by atoms with E-state index in [0.717, 1.165) is 22.4 Å². The van der Waals surface area contributed by atoms with E-state index in [0.29, 0.717) is 23.7 Å². The number of pyridine rings is 2. The van der Waals surface area contributed by atoms with Gasteiger partial charge in [0.15, 0.2) is 0 Å². The van der Waals surface area contributed by atoms with Crippen LogP contribution in [0.25, 0.3) is 28.1 Å². The molecule has 3 aromatic heterocycles. The van der Waals surface area contributed by atoms with E-state index in [9.17, 15) is 0 Å². The number of nitrogens with one attached hydrogen (secondary N) is 1. The van der Waals surface area contributed by atoms with Crippen molar-refractivity contribution in [1.82, 2.24) is 19.5 Å². The number of anilines is 3. The molecule has 4 aromatic carbocycles. The van der Waals surface area contributed by atoms with Gasteiger partial charge in [0.05, 0.1) is 33.8 Å². The molecule has 1 aliphatic rings. The van der Waals surface area contributed by atoms with Crippen molar-refractivity contribution in [3.63, 3.8) is 0 Å². The van der Waals surface area contributed by atoms with E-state index in [1.54, 1.807) is 6.20 Å². The molecule has 0 fully saturated rings. The molecule has 0 spiro atoms. The first kappa shape index (κ1) is 41.0. The molecule has 9 heteroatoms. The molecule has 0 amide bonds. The Kier molecular flexibility index (Phi) is 13.3. The second-order valence-corrected chi connectivity index (χ2v) is 15.7. The van der Waals surface area contributed by atoms with E-state index in [1.165, 1.54) is 50.6 Å². The molecule has 1 atom stereocenters. The van der Waals surface area contributed by atoms with Gasteiger partial charge >= 0.3 is 22.5 Å². The van der Waals surface area contributed by atoms with Gasteiger partial charge in [-0.2, -0.15) is 0 Å². The fourth-order valence-electron chi connectivity index (χ4n) is 7.68. The first-order valence-electron chi connectivity index (χ1n) is 19.6. The van der Waals surface area contributed by atoms with Gasteiger partial charge in [-0.15, -0.1) is 0 Å². The Bertz CT molecular complexity index is 2400. The van der Waals surface area contributed by atoms with Crippen molar-refractivity contribution in [3.05, 3.63) is 162 Å². The van der Waals surface area contributed by atoms with Crippen molar-refractivity contribution in [3.8, 4) is 17.1 Å². The predicted molar refractivity (Wildman–Crippen MR) is 228 cm³/mol. The van der Waals surface area contributed by atoms with Crippen molar-refractivity contribution in [2.75, 3.05) is 10.2 Å². The summed E-state index contributed by atoms with van der Waals surface area (Å²) in [4.78, 5) is 16.1. The fourth-order valence-corrected chi connectivity index (χ4v) is 7.68. The van der Waals surface area contributed by atoms with Gasteiger partial charge in [-0.1, -0.05) is 122 Å². The van der Waals surface area contributed by atoms with E-state index >= 15 is 0 Å². The molecule has 4 heterocycles. The number of hydrogen-bond acceptors (Lipinski definition) is 7. The van der Waals surface area contributed by atoms with Crippen molar-refractivity contribution in [2.24, 2.45) is 0 Å². The summed E-state index contributed by atoms with van der Waals surface area (Å²) in [7, 11) is 0. The molecule has 8 nitrogen and oxygen atoms in total. The van der Waals surface area contributed by atoms with E-state index < -0.39 is 14.8 Å². The van der Waals surface area contributed by atoms with E-state index in [4.69, 9.17) is 12.7 Å². The number of hydrogen-bond donors (Lipinski definition) is 1. The van der Waals surface area contributed by atoms with Gasteiger partial charge in [-0.25, -0.2) is 4.98 Å². The monoisotopic (exact) mass is 799 g/mol. The van der Waals surface area contributed by atoms with Gasteiger partial charge in [0, 0.05) is 35.9 Å². The topological polar surface area (TPSA) is 93.0 Å². The number of benzene rings is 4. The van der Waals surface area contributed by atoms with Gasteiger partial charge in [-0.05, 0) is 88.4 Å². The SMILES string of the molecule is CC(C)c1cccc(C(C)C)c1-n1c(-c2cccnc2)nc2ccccc21.CC(C)c1cccc(C(C)C)c1N1c2ccccc2NC1c1cccnc1.[O]=[Mn]=[O]. The number of rotatable bonds is 8. The van der Waals surface area contributed by atoms with Gasteiger partial charge in [0.2, 0.25) is 0 Å². The molecule has 0 saturated heterocycles. The molecule has 0 aliphatic carbocycles. The van der Waals surface area contributed by atoms with Gasteiger partial charge < -0.3 is 10.2 Å². The van der Waals surface area contributed by atoms with Gasteiger partial charge in [-0.3, -0.25) is 14.5 Å². The van der Waals surface area contributed by atoms with E-state index in [2.05, 4.69) is 171 Å². The average molecular weight is 800 g/mol. The minimum absolute atomic E-state index is 0.0356. The zero-order valence-corrected chi connectivity index (χ0v) is 35.2. The molecule has 1 unspecified atom stereocenters. The summed E-state index contributed by atoms with van der Waals surface area (Å²) in [5, 5.41) is 3.72. The zero-order valence-electron chi connectivity index (χ0n) is 34.0. The number of para-hydroxylation sites is 6. The van der Waals surface area contributed by atoms with Crippen LogP contribution < -0.4 is 10.2 Å². The molecule has 1 aliphatic heterocycles. The molecule has 0 bridgehead atoms. The van der Waals surface area contributed by atoms with Crippen molar-refractivity contribution >= 4 is 28.1 Å². The van der Waals surface area contributed by atoms with Gasteiger partial charge in [0.1, 0.15) is 12.0 Å². The number of nitrogens with zero attached hydrogens (tertiary/aromatic N) is 5. The number of fused-ring (bicyclic) bond motifs is 2. The molecule has 7 aromatic rings. The Morgan fingerprint density at radius 2 is 1.11 bits per heavy atom. The average Bonchev–Trinajstić information content (AvgIpc) is 3.80. The van der Waals surface area contributed by atoms with Crippen LogP contribution in [0.3, 0.4) is 0 Å². The Morgan fingerprint density at radius 1 is 0.579 bits per heavy atom. The minimum atomic E-state index is -1.44. The first-order chi connectivity index (χ1) is 27.6. The van der Waals surface area contributed by atoms with E-state index in [1.807, 2.05) is 36.8 Å². The van der Waals surface area contributed by atoms with Crippen LogP contribution in [0.5, 0.6) is 0 Å². The normalized spacial score (nSPS) is 13.3. The molecule has 0 saturated carbocycles. The predicted octanol–water partition coefficient (Wildman–Crippen LogP) is 12.7. The van der Waals surface area contributed by atoms with Crippen molar-refractivity contribution in [1.29, 1.82) is 0 Å². The molecular formula is C48H52MnN6O2. The molecule has 293 valence electrons. The summed E-state index contributed by atoms with van der Waals surface area (Å²) in [5.74, 6) is 2.67. The molecule has 57 heavy (non-hydrogen) atoms. The molecule has 1 N–H and O–H groups in total. The summed E-state index contributed by atoms with van der Waals surface area (Å²) < 4.78 is 19.1. The Labute approximate surface area is 343 Å². The molecule has 8 rings (SSSR count). The van der Waals surface area contributed by atoms with Crippen molar-refractivity contribution < 1.29 is 22.5 Å². The first-order valence-corrected chi connectivity index (χ1v) is 20.6. The van der Waals surface area contributed by atoms with Crippen LogP contribution in [0.2, 0.25) is 0 Å². The van der Waals surface area contributed by atoms with Crippen LogP contribution in [-0.4, -0.2) is 19.5 Å². The number of imidazole rings is 1. The summed E-state index contributed by atoms with van der Waals surface area (Å²) in [5.41, 5.74) is 14.8. The zero-order chi connectivity index (χ0) is 40.6. The Hall–Kier alpha value is -5.63. The summed E-state index contributed by atoms with van der Waals surface area (Å²) >= 11 is -1.44. The van der Waals surface area contributed by atoms with Crippen LogP contribution in [0.1, 0.15) is 113 Å². The standard InChI is InChI=1S/C24H27N3.C24H25N3.Mn.2O/c2*1-16(2)19-10-7-11-20(17(3)4)23(19)27-22-13-6-5-12-21(22)26-24(27)18-9-8-14-25-15-18;;;/h5-17,24,26H,1-4H3;5-17H,1-4H3;;;. The number of aromatic nitrogens is 4. The quantitative estimate of drug-likeness (QED) is 0.153. The van der Waals surface area contributed by atoms with Crippen LogP contribution >= 0.6 is 0 Å². The fraction of sp³-hybridized carbons (Fsp3) is 0.271. The third-order valence-corrected chi connectivity index (χ3v) is 10.3. The maximum atomic E-state index is 8.41. The molecular weight excluding hydrogens is 748 g/mol. The third-order valence-electron chi connectivity index (χ3n) is 10.3. The van der Waals surface area contributed by atoms with Crippen LogP contribution in [0, 0.1) is 0 Å². The second-order valence-electron chi connectivity index (χ2n) is 15.5. The van der Waals surface area contributed by atoms with Crippen LogP contribution in [-0.2, 0) is 22.5 Å². The summed E-state index contributed by atoms with van der Waals surface area (Å²) in [6.07, 6.45) is 7.53. The Balaban J connectivity index is 0.000000180. The second kappa shape index (κ2) is 18.5. The summed E-state index contributed by atoms with van der Waals surface area (Å²) in [6, 6.07) is 38.6. The van der Waals surface area contributed by atoms with Crippen molar-refractivity contribution in [2.45, 2.75) is 85.2 Å². The third kappa shape index (κ3) is 8.70. The van der Waals surface area contributed by atoms with Gasteiger partial charge in [0.25, 0.3) is 0 Å².